The van der Waals surface area contributed by atoms with Gasteiger partial charge in [0.25, 0.3) is 0 Å². The van der Waals surface area contributed by atoms with E-state index in [1.54, 1.807) is 24.3 Å². The number of carbonyl (C=O) groups excluding carboxylic acids is 1. The number of aryl methyl sites for hydroxylation is 1. The summed E-state index contributed by atoms with van der Waals surface area (Å²) in [6.07, 6.45) is 0.769. The van der Waals surface area contributed by atoms with Crippen molar-refractivity contribution in [1.29, 1.82) is 0 Å². The third-order valence-electron chi connectivity index (χ3n) is 2.81. The molecule has 0 unspecified atom stereocenters. The van der Waals surface area contributed by atoms with Crippen LogP contribution in [0.1, 0.15) is 16.7 Å². The van der Waals surface area contributed by atoms with Gasteiger partial charge < -0.3 is 0 Å². The first-order chi connectivity index (χ1) is 9.11. The van der Waals surface area contributed by atoms with E-state index >= 15 is 0 Å². The number of halogens is 2. The summed E-state index contributed by atoms with van der Waals surface area (Å²) >= 11 is 12.2. The molecule has 0 aliphatic rings. The molecule has 0 amide bonds. The average Bonchev–Trinajstić information content (AvgIpc) is 2.42. The molecular formula is C16H12Cl2O. The smallest absolute Gasteiger partial charge is 0.152 e. The van der Waals surface area contributed by atoms with Crippen molar-refractivity contribution in [2.45, 2.75) is 6.92 Å². The molecule has 2 aromatic rings. The highest BCUT2D eigenvalue weighted by atomic mass is 35.5. The molecule has 0 N–H and O–H groups in total. The summed E-state index contributed by atoms with van der Waals surface area (Å²) in [7, 11) is 0. The molecule has 0 bridgehead atoms. The Balaban J connectivity index is 2.49. The van der Waals surface area contributed by atoms with Crippen LogP contribution in [0.5, 0.6) is 0 Å². The Labute approximate surface area is 122 Å². The van der Waals surface area contributed by atoms with Crippen molar-refractivity contribution in [3.05, 3.63) is 70.2 Å². The largest absolute Gasteiger partial charge is 0.298 e. The minimum absolute atomic E-state index is 0.442. The number of hydrogen-bond donors (Lipinski definition) is 0. The summed E-state index contributed by atoms with van der Waals surface area (Å²) in [6.45, 7) is 2.00. The molecule has 0 radical (unpaired) electrons. The van der Waals surface area contributed by atoms with Crippen LogP contribution < -0.4 is 0 Å². The molecule has 19 heavy (non-hydrogen) atoms. The van der Waals surface area contributed by atoms with Crippen LogP contribution in [0.4, 0.5) is 0 Å². The number of carbonyl (C=O) groups is 1. The highest BCUT2D eigenvalue weighted by Gasteiger charge is 2.09. The van der Waals surface area contributed by atoms with Crippen LogP contribution in [-0.4, -0.2) is 6.29 Å². The lowest BCUT2D eigenvalue weighted by Gasteiger charge is -2.06. The molecule has 1 nitrogen and oxygen atoms in total. The second kappa shape index (κ2) is 6.05. The second-order valence-electron chi connectivity index (χ2n) is 4.22. The van der Waals surface area contributed by atoms with Gasteiger partial charge in [0.05, 0.1) is 5.03 Å². The van der Waals surface area contributed by atoms with Crippen molar-refractivity contribution in [2.75, 3.05) is 0 Å². The van der Waals surface area contributed by atoms with Crippen molar-refractivity contribution in [2.24, 2.45) is 0 Å². The summed E-state index contributed by atoms with van der Waals surface area (Å²) in [4.78, 5) is 11.3. The van der Waals surface area contributed by atoms with Gasteiger partial charge in [0, 0.05) is 10.6 Å². The van der Waals surface area contributed by atoms with E-state index in [4.69, 9.17) is 23.2 Å². The fraction of sp³-hybridized carbons (Fsp3) is 0.0625. The zero-order valence-electron chi connectivity index (χ0n) is 10.4. The Morgan fingerprint density at radius 2 is 1.47 bits per heavy atom. The fourth-order valence-electron chi connectivity index (χ4n) is 1.73. The van der Waals surface area contributed by atoms with E-state index in [2.05, 4.69) is 0 Å². The van der Waals surface area contributed by atoms with Crippen molar-refractivity contribution < 1.29 is 4.79 Å². The standard InChI is InChI=1S/C16H12Cl2O/c1-11-2-4-13(5-3-11)16(18)15(10-19)12-6-8-14(17)9-7-12/h2-10H,1H3/b16-15+. The van der Waals surface area contributed by atoms with Gasteiger partial charge in [0.15, 0.2) is 6.29 Å². The van der Waals surface area contributed by atoms with Gasteiger partial charge in [-0.25, -0.2) is 0 Å². The van der Waals surface area contributed by atoms with Crippen molar-refractivity contribution in [1.82, 2.24) is 0 Å². The van der Waals surface area contributed by atoms with Gasteiger partial charge in [-0.1, -0.05) is 65.2 Å². The van der Waals surface area contributed by atoms with Gasteiger partial charge in [0.2, 0.25) is 0 Å². The van der Waals surface area contributed by atoms with E-state index in [0.29, 0.717) is 15.6 Å². The monoisotopic (exact) mass is 290 g/mol. The Bertz CT molecular complexity index is 610. The van der Waals surface area contributed by atoms with Crippen LogP contribution in [0, 0.1) is 6.92 Å². The summed E-state index contributed by atoms with van der Waals surface area (Å²) < 4.78 is 0. The van der Waals surface area contributed by atoms with Gasteiger partial charge >= 0.3 is 0 Å². The second-order valence-corrected chi connectivity index (χ2v) is 5.03. The van der Waals surface area contributed by atoms with E-state index < -0.39 is 0 Å². The molecule has 0 spiro atoms. The molecule has 96 valence electrons. The third-order valence-corrected chi connectivity index (χ3v) is 3.49. The molecule has 0 aliphatic carbocycles. The number of aldehydes is 1. The highest BCUT2D eigenvalue weighted by molar-refractivity contribution is 6.55. The van der Waals surface area contributed by atoms with Crippen LogP contribution in [0.2, 0.25) is 5.02 Å². The van der Waals surface area contributed by atoms with E-state index in [9.17, 15) is 4.79 Å². The summed E-state index contributed by atoms with van der Waals surface area (Å²) in [5.41, 5.74) is 3.18. The lowest BCUT2D eigenvalue weighted by molar-refractivity contribution is -0.103. The zero-order chi connectivity index (χ0) is 13.8. The minimum atomic E-state index is 0.442. The Morgan fingerprint density at radius 3 is 2.00 bits per heavy atom. The highest BCUT2D eigenvalue weighted by Crippen LogP contribution is 2.29. The SMILES string of the molecule is Cc1ccc(/C(Cl)=C(/C=O)c2ccc(Cl)cc2)cc1. The predicted octanol–water partition coefficient (Wildman–Crippen LogP) is 4.95. The number of rotatable bonds is 3. The van der Waals surface area contributed by atoms with Gasteiger partial charge in [-0.3, -0.25) is 4.79 Å². The maximum absolute atomic E-state index is 11.3. The topological polar surface area (TPSA) is 17.1 Å². The van der Waals surface area contributed by atoms with Crippen molar-refractivity contribution in [3.8, 4) is 0 Å². The molecule has 2 rings (SSSR count). The molecular weight excluding hydrogens is 279 g/mol. The third kappa shape index (κ3) is 3.25. The average molecular weight is 291 g/mol. The Morgan fingerprint density at radius 1 is 0.947 bits per heavy atom. The van der Waals surface area contributed by atoms with E-state index in [0.717, 1.165) is 23.0 Å². The first-order valence-electron chi connectivity index (χ1n) is 5.80. The Kier molecular flexibility index (Phi) is 4.41. The van der Waals surface area contributed by atoms with Gasteiger partial charge in [0.1, 0.15) is 0 Å². The lowest BCUT2D eigenvalue weighted by atomic mass is 10.0. The van der Waals surface area contributed by atoms with Gasteiger partial charge in [-0.15, -0.1) is 0 Å². The molecule has 0 fully saturated rings. The summed E-state index contributed by atoms with van der Waals surface area (Å²) in [5, 5.41) is 1.07. The van der Waals surface area contributed by atoms with E-state index in [1.165, 1.54) is 0 Å². The molecule has 0 aliphatic heterocycles. The molecule has 0 saturated heterocycles. The van der Waals surface area contributed by atoms with Gasteiger partial charge in [-0.05, 0) is 30.2 Å². The fourth-order valence-corrected chi connectivity index (χ4v) is 2.14. The Hall–Kier alpha value is -1.57. The van der Waals surface area contributed by atoms with E-state index in [-0.39, 0.29) is 0 Å². The maximum atomic E-state index is 11.3. The summed E-state index contributed by atoms with van der Waals surface area (Å²) in [6, 6.07) is 14.8. The molecule has 0 aromatic heterocycles. The van der Waals surface area contributed by atoms with Crippen LogP contribution in [0.3, 0.4) is 0 Å². The quantitative estimate of drug-likeness (QED) is 0.444. The normalized spacial score (nSPS) is 11.9. The first-order valence-corrected chi connectivity index (χ1v) is 6.55. The first kappa shape index (κ1) is 13.9. The molecule has 2 aromatic carbocycles. The summed E-state index contributed by atoms with van der Waals surface area (Å²) in [5.74, 6) is 0. The predicted molar refractivity (Wildman–Crippen MR) is 81.4 cm³/mol. The molecule has 0 saturated carbocycles. The van der Waals surface area contributed by atoms with Crippen molar-refractivity contribution >= 4 is 40.1 Å². The lowest BCUT2D eigenvalue weighted by Crippen LogP contribution is -1.90. The van der Waals surface area contributed by atoms with Crippen LogP contribution in [-0.2, 0) is 4.79 Å². The van der Waals surface area contributed by atoms with Crippen LogP contribution in [0.15, 0.2) is 48.5 Å². The van der Waals surface area contributed by atoms with Crippen LogP contribution in [0.25, 0.3) is 10.6 Å². The number of hydrogen-bond acceptors (Lipinski definition) is 1. The minimum Gasteiger partial charge on any atom is -0.298 e. The van der Waals surface area contributed by atoms with Crippen LogP contribution >= 0.6 is 23.2 Å². The van der Waals surface area contributed by atoms with Gasteiger partial charge in [-0.2, -0.15) is 0 Å². The van der Waals surface area contributed by atoms with Crippen molar-refractivity contribution in [3.63, 3.8) is 0 Å². The molecule has 0 atom stereocenters. The number of allylic oxidation sites excluding steroid dienone is 1. The zero-order valence-corrected chi connectivity index (χ0v) is 11.9. The molecule has 3 heteroatoms. The van der Waals surface area contributed by atoms with E-state index in [1.807, 2.05) is 31.2 Å². The number of benzene rings is 2. The maximum Gasteiger partial charge on any atom is 0.152 e. The molecule has 0 heterocycles.